The van der Waals surface area contributed by atoms with Gasteiger partial charge in [-0.05, 0) is 45.7 Å². The Morgan fingerprint density at radius 1 is 1.24 bits per heavy atom. The summed E-state index contributed by atoms with van der Waals surface area (Å²) in [6.07, 6.45) is 2.66. The van der Waals surface area contributed by atoms with Gasteiger partial charge in [-0.25, -0.2) is 0 Å². The summed E-state index contributed by atoms with van der Waals surface area (Å²) in [5.74, 6) is -0.168. The summed E-state index contributed by atoms with van der Waals surface area (Å²) in [6, 6.07) is 10.1. The molecule has 0 spiro atoms. The first-order chi connectivity index (χ1) is 11.8. The maximum atomic E-state index is 11.9. The lowest BCUT2D eigenvalue weighted by molar-refractivity contribution is -0.159. The summed E-state index contributed by atoms with van der Waals surface area (Å²) < 4.78 is 16.5. The Labute approximate surface area is 151 Å². The molecule has 1 aliphatic rings. The van der Waals surface area contributed by atoms with Crippen molar-refractivity contribution in [2.24, 2.45) is 5.92 Å². The van der Waals surface area contributed by atoms with Gasteiger partial charge in [0.15, 0.2) is 12.5 Å². The van der Waals surface area contributed by atoms with Crippen LogP contribution in [0.25, 0.3) is 0 Å². The van der Waals surface area contributed by atoms with Crippen molar-refractivity contribution in [1.82, 2.24) is 5.32 Å². The lowest BCUT2D eigenvalue weighted by atomic mass is 10.0. The highest BCUT2D eigenvalue weighted by Gasteiger charge is 2.39. The Bertz CT molecular complexity index is 526. The molecule has 140 valence electrons. The summed E-state index contributed by atoms with van der Waals surface area (Å²) in [7, 11) is 0. The zero-order valence-electron chi connectivity index (χ0n) is 15.8. The fourth-order valence-electron chi connectivity index (χ4n) is 2.46. The molecule has 0 radical (unpaired) electrons. The van der Waals surface area contributed by atoms with Crippen molar-refractivity contribution in [2.75, 3.05) is 6.54 Å². The van der Waals surface area contributed by atoms with Crippen LogP contribution in [0.15, 0.2) is 30.3 Å². The van der Waals surface area contributed by atoms with E-state index < -0.39 is 5.60 Å². The van der Waals surface area contributed by atoms with Crippen LogP contribution in [-0.2, 0) is 25.6 Å². The molecule has 1 saturated heterocycles. The zero-order chi connectivity index (χ0) is 18.3. The van der Waals surface area contributed by atoms with Crippen molar-refractivity contribution in [3.63, 3.8) is 0 Å². The zero-order valence-corrected chi connectivity index (χ0v) is 15.8. The second kappa shape index (κ2) is 9.32. The average molecular weight is 349 g/mol. The largest absolute Gasteiger partial charge is 0.460 e. The average Bonchev–Trinajstić information content (AvgIpc) is 3.30. The third-order valence-corrected chi connectivity index (χ3v) is 3.93. The Balaban J connectivity index is 1.48. The minimum absolute atomic E-state index is 0.00742. The topological polar surface area (TPSA) is 60.1 Å². The molecule has 5 nitrogen and oxygen atoms in total. The number of ether oxygens (including phenoxy) is 3. The second-order valence-electron chi connectivity index (χ2n) is 7.61. The summed E-state index contributed by atoms with van der Waals surface area (Å²) in [5.41, 5.74) is 0.734. The van der Waals surface area contributed by atoms with Crippen LogP contribution in [0.4, 0.5) is 0 Å². The predicted molar refractivity (Wildman–Crippen MR) is 96.8 cm³/mol. The summed E-state index contributed by atoms with van der Waals surface area (Å²) >= 11 is 0. The Kier molecular flexibility index (Phi) is 7.41. The van der Waals surface area contributed by atoms with Gasteiger partial charge in [0.25, 0.3) is 0 Å². The molecule has 0 bridgehead atoms. The van der Waals surface area contributed by atoms with E-state index in [0.717, 1.165) is 31.4 Å². The number of rotatable bonds is 10. The van der Waals surface area contributed by atoms with Gasteiger partial charge in [-0.3, -0.25) is 10.1 Å². The molecule has 0 aliphatic carbocycles. The number of unbranched alkanes of at least 4 members (excludes halogenated alkanes) is 1. The number of carbonyl (C=O) groups excluding carboxylic acids is 1. The molecule has 1 aromatic rings. The molecule has 3 atom stereocenters. The molecule has 25 heavy (non-hydrogen) atoms. The van der Waals surface area contributed by atoms with Gasteiger partial charge in [-0.2, -0.15) is 0 Å². The van der Waals surface area contributed by atoms with Gasteiger partial charge >= 0.3 is 5.97 Å². The van der Waals surface area contributed by atoms with E-state index in [1.807, 2.05) is 58.0 Å². The third kappa shape index (κ3) is 7.99. The number of hydrogen-bond donors (Lipinski definition) is 1. The van der Waals surface area contributed by atoms with Gasteiger partial charge in [0.1, 0.15) is 5.60 Å². The van der Waals surface area contributed by atoms with E-state index >= 15 is 0 Å². The van der Waals surface area contributed by atoms with Crippen LogP contribution in [0.5, 0.6) is 0 Å². The molecular weight excluding hydrogens is 318 g/mol. The lowest BCUT2D eigenvalue weighted by Gasteiger charge is -2.22. The molecule has 5 heteroatoms. The number of hydrogen-bond acceptors (Lipinski definition) is 5. The predicted octanol–water partition coefficient (Wildman–Crippen LogP) is 3.62. The second-order valence-corrected chi connectivity index (χ2v) is 7.61. The molecule has 0 aromatic heterocycles. The minimum Gasteiger partial charge on any atom is -0.460 e. The van der Waals surface area contributed by atoms with Gasteiger partial charge in [-0.15, -0.1) is 0 Å². The van der Waals surface area contributed by atoms with Gasteiger partial charge in [-0.1, -0.05) is 43.7 Å². The highest BCUT2D eigenvalue weighted by Crippen LogP contribution is 2.22. The van der Waals surface area contributed by atoms with Crippen LogP contribution in [-0.4, -0.2) is 30.6 Å². The number of benzene rings is 1. The van der Waals surface area contributed by atoms with Crippen molar-refractivity contribution in [1.29, 1.82) is 0 Å². The molecule has 1 fully saturated rings. The standard InChI is InChI=1S/C20H31NO4/c1-15(18(22)25-20(2,3)4)10-8-9-13-21-17-19(24-17)23-14-16-11-6-5-7-12-16/h5-7,11-12,15,17,19,21H,8-10,13-14H2,1-4H3/t15-,17?,19+/m1/s1. The molecule has 1 unspecified atom stereocenters. The fraction of sp³-hybridized carbons (Fsp3) is 0.650. The Morgan fingerprint density at radius 2 is 1.96 bits per heavy atom. The summed E-state index contributed by atoms with van der Waals surface area (Å²) in [6.45, 7) is 9.04. The van der Waals surface area contributed by atoms with Crippen molar-refractivity contribution in [2.45, 2.75) is 71.7 Å². The highest BCUT2D eigenvalue weighted by atomic mass is 16.8. The van der Waals surface area contributed by atoms with Crippen LogP contribution >= 0.6 is 0 Å². The van der Waals surface area contributed by atoms with E-state index in [-0.39, 0.29) is 24.4 Å². The third-order valence-electron chi connectivity index (χ3n) is 3.93. The van der Waals surface area contributed by atoms with Crippen LogP contribution in [0, 0.1) is 5.92 Å². The highest BCUT2D eigenvalue weighted by molar-refractivity contribution is 5.72. The van der Waals surface area contributed by atoms with Crippen LogP contribution in [0.3, 0.4) is 0 Å². The first kappa shape index (κ1) is 19.9. The molecule has 2 rings (SSSR count). The fourth-order valence-corrected chi connectivity index (χ4v) is 2.46. The van der Waals surface area contributed by atoms with Crippen LogP contribution in [0.2, 0.25) is 0 Å². The van der Waals surface area contributed by atoms with Gasteiger partial charge in [0.05, 0.1) is 12.5 Å². The van der Waals surface area contributed by atoms with E-state index in [2.05, 4.69) is 5.32 Å². The van der Waals surface area contributed by atoms with Gasteiger partial charge in [0, 0.05) is 0 Å². The van der Waals surface area contributed by atoms with E-state index in [0.29, 0.717) is 6.61 Å². The van der Waals surface area contributed by atoms with Crippen molar-refractivity contribution in [3.8, 4) is 0 Å². The van der Waals surface area contributed by atoms with Crippen molar-refractivity contribution < 1.29 is 19.0 Å². The van der Waals surface area contributed by atoms with E-state index in [1.165, 1.54) is 0 Å². The quantitative estimate of drug-likeness (QED) is 0.397. The first-order valence-corrected chi connectivity index (χ1v) is 9.12. The normalized spacial score (nSPS) is 21.0. The molecule has 1 N–H and O–H groups in total. The molecular formula is C20H31NO4. The van der Waals surface area contributed by atoms with E-state index in [4.69, 9.17) is 14.2 Å². The van der Waals surface area contributed by atoms with Gasteiger partial charge < -0.3 is 14.2 Å². The number of carbonyl (C=O) groups is 1. The molecule has 1 aliphatic heterocycles. The number of esters is 1. The smallest absolute Gasteiger partial charge is 0.309 e. The van der Waals surface area contributed by atoms with E-state index in [9.17, 15) is 4.79 Å². The molecule has 1 heterocycles. The molecule has 0 amide bonds. The molecule has 1 aromatic carbocycles. The maximum Gasteiger partial charge on any atom is 0.309 e. The summed E-state index contributed by atoms with van der Waals surface area (Å²) in [4.78, 5) is 11.9. The summed E-state index contributed by atoms with van der Waals surface area (Å²) in [5, 5.41) is 3.32. The Hall–Kier alpha value is -1.43. The lowest BCUT2D eigenvalue weighted by Crippen LogP contribution is -2.27. The van der Waals surface area contributed by atoms with Crippen LogP contribution in [0.1, 0.15) is 52.5 Å². The number of nitrogens with one attached hydrogen (secondary N) is 1. The van der Waals surface area contributed by atoms with Crippen molar-refractivity contribution >= 4 is 5.97 Å². The monoisotopic (exact) mass is 349 g/mol. The van der Waals surface area contributed by atoms with E-state index in [1.54, 1.807) is 0 Å². The maximum absolute atomic E-state index is 11.9. The van der Waals surface area contributed by atoms with Crippen LogP contribution < -0.4 is 5.32 Å². The first-order valence-electron chi connectivity index (χ1n) is 9.12. The van der Waals surface area contributed by atoms with Gasteiger partial charge in [0.2, 0.25) is 0 Å². The Morgan fingerprint density at radius 3 is 2.64 bits per heavy atom. The van der Waals surface area contributed by atoms with Crippen molar-refractivity contribution in [3.05, 3.63) is 35.9 Å². The number of epoxide rings is 1. The SMILES string of the molecule is C[C@H](CCCCNC1O[C@@H]1OCc1ccccc1)C(=O)OC(C)(C)C. The minimum atomic E-state index is -0.412. The molecule has 0 saturated carbocycles.